The maximum Gasteiger partial charge on any atom is 0.498 e. The first kappa shape index (κ1) is 15.1. The summed E-state index contributed by atoms with van der Waals surface area (Å²) in [6.45, 7) is 9.35. The topological polar surface area (TPSA) is 55.8 Å². The molecule has 1 N–H and O–H groups in total. The minimum Gasteiger partial charge on any atom is -0.508 e. The van der Waals surface area contributed by atoms with Gasteiger partial charge in [0.25, 0.3) is 0 Å². The van der Waals surface area contributed by atoms with Gasteiger partial charge in [-0.1, -0.05) is 18.2 Å². The molecule has 0 bridgehead atoms. The largest absolute Gasteiger partial charge is 0.508 e. The number of rotatable bonds is 3. The molecular weight excluding hydrogens is 255 g/mol. The van der Waals surface area contributed by atoms with Gasteiger partial charge in [0.15, 0.2) is 0 Å². The Balaban J connectivity index is 2.34. The zero-order valence-corrected chi connectivity index (χ0v) is 12.7. The molecule has 1 saturated heterocycles. The highest BCUT2D eigenvalue weighted by Crippen LogP contribution is 2.37. The fourth-order valence-corrected chi connectivity index (χ4v) is 2.18. The van der Waals surface area contributed by atoms with E-state index in [0.29, 0.717) is 11.0 Å². The minimum atomic E-state index is -0.619. The number of phenolic OH excluding ortho intramolecular Hbond substituents is 1. The van der Waals surface area contributed by atoms with Crippen molar-refractivity contribution in [3.05, 3.63) is 23.8 Å². The summed E-state index contributed by atoms with van der Waals surface area (Å²) < 4.78 is 11.8. The predicted octanol–water partition coefficient (Wildman–Crippen LogP) is 1.82. The predicted molar refractivity (Wildman–Crippen MR) is 78.2 cm³/mol. The molecule has 1 aliphatic rings. The number of hydrogen-bond donors (Lipinski definition) is 1. The molecule has 5 heteroatoms. The van der Waals surface area contributed by atoms with Gasteiger partial charge in [0, 0.05) is 17.4 Å². The minimum absolute atomic E-state index is 0.00590. The van der Waals surface area contributed by atoms with Crippen LogP contribution in [-0.4, -0.2) is 29.2 Å². The quantitative estimate of drug-likeness (QED) is 0.856. The van der Waals surface area contributed by atoms with E-state index in [4.69, 9.17) is 9.31 Å². The van der Waals surface area contributed by atoms with Gasteiger partial charge in [-0.05, 0) is 34.6 Å². The number of phenols is 1. The zero-order chi connectivity index (χ0) is 15.1. The van der Waals surface area contributed by atoms with Gasteiger partial charge in [-0.2, -0.15) is 0 Å². The molecule has 1 fully saturated rings. The highest BCUT2D eigenvalue weighted by Gasteiger charge is 2.52. The van der Waals surface area contributed by atoms with E-state index in [1.54, 1.807) is 18.2 Å². The highest BCUT2D eigenvalue weighted by atomic mass is 16.7. The van der Waals surface area contributed by atoms with Crippen LogP contribution in [0.3, 0.4) is 0 Å². The monoisotopic (exact) mass is 276 g/mol. The fraction of sp³-hybridized carbons (Fsp3) is 0.533. The van der Waals surface area contributed by atoms with Crippen LogP contribution < -0.4 is 5.46 Å². The Morgan fingerprint density at radius 1 is 1.20 bits per heavy atom. The molecule has 1 heterocycles. The third kappa shape index (κ3) is 2.60. The van der Waals surface area contributed by atoms with E-state index in [1.807, 2.05) is 27.7 Å². The number of carbonyl (C=O) groups excluding carboxylic acids is 1. The molecule has 0 atom stereocenters. The Bertz CT molecular complexity index is 521. The lowest BCUT2D eigenvalue weighted by atomic mass is 9.77. The number of carbonyl (C=O) groups is 1. The summed E-state index contributed by atoms with van der Waals surface area (Å²) in [5.41, 5.74) is 0.258. The Labute approximate surface area is 120 Å². The lowest BCUT2D eigenvalue weighted by Gasteiger charge is -2.32. The van der Waals surface area contributed by atoms with Crippen molar-refractivity contribution in [3.63, 3.8) is 0 Å². The lowest BCUT2D eigenvalue weighted by Crippen LogP contribution is -2.41. The van der Waals surface area contributed by atoms with Crippen LogP contribution in [0, 0.1) is 0 Å². The van der Waals surface area contributed by atoms with Crippen molar-refractivity contribution in [2.24, 2.45) is 0 Å². The summed E-state index contributed by atoms with van der Waals surface area (Å²) in [6, 6.07) is 5.31. The summed E-state index contributed by atoms with van der Waals surface area (Å²) in [5, 5.41) is 10.3. The van der Waals surface area contributed by atoms with Crippen molar-refractivity contribution in [3.8, 4) is 5.75 Å². The van der Waals surface area contributed by atoms with Crippen molar-refractivity contribution < 1.29 is 19.2 Å². The van der Waals surface area contributed by atoms with E-state index >= 15 is 0 Å². The standard InChI is InChI=1S/C15H21BO4/c1-10(17)9-11-7-6-8-12(13(11)18)16-19-14(2,3)15(4,5)20-16/h6-8,18H,9H2,1-5H3. The van der Waals surface area contributed by atoms with Gasteiger partial charge >= 0.3 is 7.12 Å². The zero-order valence-electron chi connectivity index (χ0n) is 12.7. The molecule has 0 aliphatic carbocycles. The van der Waals surface area contributed by atoms with Crippen molar-refractivity contribution >= 4 is 18.4 Å². The lowest BCUT2D eigenvalue weighted by molar-refractivity contribution is -0.116. The second-order valence-electron chi connectivity index (χ2n) is 6.32. The Kier molecular flexibility index (Phi) is 3.69. The van der Waals surface area contributed by atoms with Gasteiger partial charge in [0.05, 0.1) is 11.2 Å². The maximum atomic E-state index is 11.2. The molecule has 2 rings (SSSR count). The average Bonchev–Trinajstić information content (AvgIpc) is 2.50. The van der Waals surface area contributed by atoms with Gasteiger partial charge in [-0.3, -0.25) is 4.79 Å². The van der Waals surface area contributed by atoms with Crippen molar-refractivity contribution in [1.82, 2.24) is 0 Å². The summed E-state index contributed by atoms with van der Waals surface area (Å²) in [7, 11) is -0.619. The molecule has 1 aromatic carbocycles. The van der Waals surface area contributed by atoms with Crippen LogP contribution in [0.2, 0.25) is 0 Å². The van der Waals surface area contributed by atoms with Crippen LogP contribution in [0.5, 0.6) is 5.75 Å². The van der Waals surface area contributed by atoms with E-state index in [2.05, 4.69) is 0 Å². The van der Waals surface area contributed by atoms with Crippen LogP contribution in [0.4, 0.5) is 0 Å². The molecule has 0 aromatic heterocycles. The number of ketones is 1. The maximum absolute atomic E-state index is 11.2. The van der Waals surface area contributed by atoms with Crippen molar-refractivity contribution in [2.75, 3.05) is 0 Å². The Morgan fingerprint density at radius 3 is 2.25 bits per heavy atom. The van der Waals surface area contributed by atoms with Crippen LogP contribution in [0.15, 0.2) is 18.2 Å². The summed E-state index contributed by atoms with van der Waals surface area (Å²) >= 11 is 0. The first-order chi connectivity index (χ1) is 9.14. The Hall–Kier alpha value is -1.33. The van der Waals surface area contributed by atoms with E-state index in [-0.39, 0.29) is 18.0 Å². The van der Waals surface area contributed by atoms with E-state index in [0.717, 1.165) is 0 Å². The van der Waals surface area contributed by atoms with Gasteiger partial charge in [0.1, 0.15) is 11.5 Å². The summed E-state index contributed by atoms with van der Waals surface area (Å²) in [4.78, 5) is 11.2. The number of para-hydroxylation sites is 1. The number of benzene rings is 1. The molecule has 20 heavy (non-hydrogen) atoms. The highest BCUT2D eigenvalue weighted by molar-refractivity contribution is 6.63. The van der Waals surface area contributed by atoms with Crippen LogP contribution in [-0.2, 0) is 20.5 Å². The van der Waals surface area contributed by atoms with E-state index in [1.165, 1.54) is 6.92 Å². The smallest absolute Gasteiger partial charge is 0.498 e. The Morgan fingerprint density at radius 2 is 1.75 bits per heavy atom. The van der Waals surface area contributed by atoms with Crippen molar-refractivity contribution in [2.45, 2.75) is 52.2 Å². The summed E-state index contributed by atoms with van der Waals surface area (Å²) in [5.74, 6) is 0.0903. The molecule has 108 valence electrons. The molecule has 0 radical (unpaired) electrons. The number of Topliss-reactive ketones (excluding diaryl/α,β-unsaturated/α-hetero) is 1. The summed E-state index contributed by atoms with van der Waals surface area (Å²) in [6.07, 6.45) is 0.208. The molecule has 1 aliphatic heterocycles. The molecule has 0 amide bonds. The molecular formula is C15H21BO4. The molecule has 0 saturated carbocycles. The van der Waals surface area contributed by atoms with E-state index in [9.17, 15) is 9.90 Å². The van der Waals surface area contributed by atoms with Crippen molar-refractivity contribution in [1.29, 1.82) is 0 Å². The first-order valence-corrected chi connectivity index (χ1v) is 6.80. The second-order valence-corrected chi connectivity index (χ2v) is 6.32. The third-order valence-electron chi connectivity index (χ3n) is 4.10. The van der Waals surface area contributed by atoms with E-state index < -0.39 is 18.3 Å². The molecule has 0 spiro atoms. The SMILES string of the molecule is CC(=O)Cc1cccc(B2OC(C)(C)C(C)(C)O2)c1O. The van der Waals surface area contributed by atoms with Crippen LogP contribution in [0.1, 0.15) is 40.2 Å². The first-order valence-electron chi connectivity index (χ1n) is 6.80. The third-order valence-corrected chi connectivity index (χ3v) is 4.10. The number of aromatic hydroxyl groups is 1. The van der Waals surface area contributed by atoms with Crippen LogP contribution in [0.25, 0.3) is 0 Å². The van der Waals surface area contributed by atoms with Crippen LogP contribution >= 0.6 is 0 Å². The van der Waals surface area contributed by atoms with Gasteiger partial charge in [-0.15, -0.1) is 0 Å². The fourth-order valence-electron chi connectivity index (χ4n) is 2.18. The van der Waals surface area contributed by atoms with Gasteiger partial charge in [0.2, 0.25) is 0 Å². The number of hydrogen-bond acceptors (Lipinski definition) is 4. The molecule has 1 aromatic rings. The molecule has 4 nitrogen and oxygen atoms in total. The molecule has 0 unspecified atom stereocenters. The normalized spacial score (nSPS) is 20.1. The second kappa shape index (κ2) is 4.90. The van der Waals surface area contributed by atoms with Gasteiger partial charge < -0.3 is 14.4 Å². The van der Waals surface area contributed by atoms with Gasteiger partial charge in [-0.25, -0.2) is 0 Å². The average molecular weight is 276 g/mol.